The SMILES string of the molecule is CNC(C(=O)NCC1CCCCC1)c1cnn(C)c1. The van der Waals surface area contributed by atoms with Crippen molar-refractivity contribution in [2.75, 3.05) is 13.6 Å². The fourth-order valence-corrected chi connectivity index (χ4v) is 2.78. The molecule has 1 saturated carbocycles. The molecule has 1 fully saturated rings. The maximum absolute atomic E-state index is 12.2. The standard InChI is InChI=1S/C14H24N4O/c1-15-13(12-9-17-18(2)10-12)14(19)16-8-11-6-4-3-5-7-11/h9-11,13,15H,3-8H2,1-2H3,(H,16,19). The molecule has 5 nitrogen and oxygen atoms in total. The van der Waals surface area contributed by atoms with Gasteiger partial charge in [0.2, 0.25) is 5.91 Å². The van der Waals surface area contributed by atoms with E-state index < -0.39 is 0 Å². The third-order valence-electron chi connectivity index (χ3n) is 3.90. The molecule has 1 amide bonds. The highest BCUT2D eigenvalue weighted by Crippen LogP contribution is 2.23. The summed E-state index contributed by atoms with van der Waals surface area (Å²) in [6, 6.07) is -0.308. The van der Waals surface area contributed by atoms with Crippen molar-refractivity contribution in [3.8, 4) is 0 Å². The molecular formula is C14H24N4O. The molecule has 0 bridgehead atoms. The number of aromatic nitrogens is 2. The van der Waals surface area contributed by atoms with Gasteiger partial charge < -0.3 is 10.6 Å². The van der Waals surface area contributed by atoms with Crippen molar-refractivity contribution in [2.45, 2.75) is 38.1 Å². The minimum absolute atomic E-state index is 0.0427. The molecule has 0 aromatic carbocycles. The first kappa shape index (κ1) is 14.1. The fraction of sp³-hybridized carbons (Fsp3) is 0.714. The van der Waals surface area contributed by atoms with Crippen LogP contribution in [-0.4, -0.2) is 29.3 Å². The molecule has 1 heterocycles. The monoisotopic (exact) mass is 264 g/mol. The van der Waals surface area contributed by atoms with Gasteiger partial charge in [-0.15, -0.1) is 0 Å². The Balaban J connectivity index is 1.86. The number of amides is 1. The number of hydrogen-bond acceptors (Lipinski definition) is 3. The third kappa shape index (κ3) is 3.80. The van der Waals surface area contributed by atoms with Gasteiger partial charge in [0.1, 0.15) is 6.04 Å². The second kappa shape index (κ2) is 6.70. The molecular weight excluding hydrogens is 240 g/mol. The van der Waals surface area contributed by atoms with Crippen LogP contribution in [0.4, 0.5) is 0 Å². The van der Waals surface area contributed by atoms with Gasteiger partial charge in [0.05, 0.1) is 6.20 Å². The van der Waals surface area contributed by atoms with Crippen molar-refractivity contribution in [3.63, 3.8) is 0 Å². The Morgan fingerprint density at radius 2 is 2.21 bits per heavy atom. The van der Waals surface area contributed by atoms with Gasteiger partial charge >= 0.3 is 0 Å². The van der Waals surface area contributed by atoms with E-state index in [1.807, 2.05) is 13.2 Å². The Hall–Kier alpha value is -1.36. The van der Waals surface area contributed by atoms with Crippen molar-refractivity contribution in [3.05, 3.63) is 18.0 Å². The lowest BCUT2D eigenvalue weighted by atomic mass is 9.89. The van der Waals surface area contributed by atoms with E-state index >= 15 is 0 Å². The van der Waals surface area contributed by atoms with Crippen LogP contribution >= 0.6 is 0 Å². The lowest BCUT2D eigenvalue weighted by molar-refractivity contribution is -0.123. The number of carbonyl (C=O) groups excluding carboxylic acids is 1. The summed E-state index contributed by atoms with van der Waals surface area (Å²) in [5.41, 5.74) is 0.908. The summed E-state index contributed by atoms with van der Waals surface area (Å²) in [7, 11) is 3.66. The molecule has 1 atom stereocenters. The van der Waals surface area contributed by atoms with Gasteiger partial charge in [-0.2, -0.15) is 5.10 Å². The Morgan fingerprint density at radius 1 is 1.47 bits per heavy atom. The van der Waals surface area contributed by atoms with Gasteiger partial charge in [-0.3, -0.25) is 9.48 Å². The number of rotatable bonds is 5. The van der Waals surface area contributed by atoms with Crippen molar-refractivity contribution in [1.29, 1.82) is 0 Å². The molecule has 2 N–H and O–H groups in total. The molecule has 1 aliphatic rings. The van der Waals surface area contributed by atoms with Crippen LogP contribution in [0.5, 0.6) is 0 Å². The highest BCUT2D eigenvalue weighted by molar-refractivity contribution is 5.83. The summed E-state index contributed by atoms with van der Waals surface area (Å²) in [4.78, 5) is 12.2. The first-order chi connectivity index (χ1) is 9.20. The van der Waals surface area contributed by atoms with Gasteiger partial charge in [-0.25, -0.2) is 0 Å². The first-order valence-electron chi connectivity index (χ1n) is 7.14. The number of aryl methyl sites for hydroxylation is 1. The van der Waals surface area contributed by atoms with Crippen LogP contribution in [0, 0.1) is 5.92 Å². The third-order valence-corrected chi connectivity index (χ3v) is 3.90. The van der Waals surface area contributed by atoms with E-state index in [9.17, 15) is 4.79 Å². The molecule has 0 spiro atoms. The summed E-state index contributed by atoms with van der Waals surface area (Å²) in [5.74, 6) is 0.699. The minimum atomic E-state index is -0.308. The molecule has 1 aromatic rings. The number of likely N-dealkylation sites (N-methyl/N-ethyl adjacent to an activating group) is 1. The van der Waals surface area contributed by atoms with Crippen LogP contribution in [0.3, 0.4) is 0 Å². The summed E-state index contributed by atoms with van der Waals surface area (Å²) in [5, 5.41) is 10.2. The zero-order chi connectivity index (χ0) is 13.7. The van der Waals surface area contributed by atoms with Gasteiger partial charge in [0.15, 0.2) is 0 Å². The predicted molar refractivity (Wildman–Crippen MR) is 74.6 cm³/mol. The van der Waals surface area contributed by atoms with Gasteiger partial charge in [-0.1, -0.05) is 19.3 Å². The maximum atomic E-state index is 12.2. The Bertz CT molecular complexity index is 409. The van der Waals surface area contributed by atoms with Crippen molar-refractivity contribution in [2.24, 2.45) is 13.0 Å². The molecule has 1 unspecified atom stereocenters. The maximum Gasteiger partial charge on any atom is 0.241 e. The molecule has 0 aliphatic heterocycles. The molecule has 1 aliphatic carbocycles. The number of nitrogens with one attached hydrogen (secondary N) is 2. The second-order valence-electron chi connectivity index (χ2n) is 5.42. The minimum Gasteiger partial charge on any atom is -0.354 e. The summed E-state index contributed by atoms with van der Waals surface area (Å²) in [6.45, 7) is 0.803. The normalized spacial score (nSPS) is 18.2. The lowest BCUT2D eigenvalue weighted by Gasteiger charge is -2.23. The smallest absolute Gasteiger partial charge is 0.241 e. The summed E-state index contributed by atoms with van der Waals surface area (Å²) >= 11 is 0. The van der Waals surface area contributed by atoms with E-state index in [1.54, 1.807) is 17.9 Å². The van der Waals surface area contributed by atoms with E-state index in [0.29, 0.717) is 5.92 Å². The van der Waals surface area contributed by atoms with Gasteiger partial charge in [-0.05, 0) is 25.8 Å². The molecule has 2 rings (SSSR count). The topological polar surface area (TPSA) is 59.0 Å². The molecule has 1 aromatic heterocycles. The zero-order valence-electron chi connectivity index (χ0n) is 11.9. The average Bonchev–Trinajstić information content (AvgIpc) is 2.85. The molecule has 0 radical (unpaired) electrons. The Morgan fingerprint density at radius 3 is 2.79 bits per heavy atom. The van der Waals surface area contributed by atoms with E-state index in [4.69, 9.17) is 0 Å². The van der Waals surface area contributed by atoms with Crippen LogP contribution in [-0.2, 0) is 11.8 Å². The Kier molecular flexibility index (Phi) is 4.96. The van der Waals surface area contributed by atoms with Gasteiger partial charge in [0.25, 0.3) is 0 Å². The fourth-order valence-electron chi connectivity index (χ4n) is 2.78. The van der Waals surface area contributed by atoms with E-state index in [2.05, 4.69) is 15.7 Å². The zero-order valence-corrected chi connectivity index (χ0v) is 11.9. The van der Waals surface area contributed by atoms with E-state index in [-0.39, 0.29) is 11.9 Å². The van der Waals surface area contributed by atoms with Crippen molar-refractivity contribution >= 4 is 5.91 Å². The predicted octanol–water partition coefficient (Wildman–Crippen LogP) is 1.38. The lowest BCUT2D eigenvalue weighted by Crippen LogP contribution is -2.38. The molecule has 5 heteroatoms. The summed E-state index contributed by atoms with van der Waals surface area (Å²) < 4.78 is 1.72. The number of hydrogen-bond donors (Lipinski definition) is 2. The quantitative estimate of drug-likeness (QED) is 0.844. The molecule has 106 valence electrons. The van der Waals surface area contributed by atoms with Crippen LogP contribution in [0.2, 0.25) is 0 Å². The highest BCUT2D eigenvalue weighted by Gasteiger charge is 2.21. The van der Waals surface area contributed by atoms with Crippen molar-refractivity contribution < 1.29 is 4.79 Å². The van der Waals surface area contributed by atoms with E-state index in [0.717, 1.165) is 12.1 Å². The Labute approximate surface area is 114 Å². The number of carbonyl (C=O) groups is 1. The van der Waals surface area contributed by atoms with Crippen molar-refractivity contribution in [1.82, 2.24) is 20.4 Å². The van der Waals surface area contributed by atoms with Crippen LogP contribution < -0.4 is 10.6 Å². The molecule has 19 heavy (non-hydrogen) atoms. The van der Waals surface area contributed by atoms with Crippen LogP contribution in [0.1, 0.15) is 43.7 Å². The highest BCUT2D eigenvalue weighted by atomic mass is 16.2. The first-order valence-corrected chi connectivity index (χ1v) is 7.14. The average molecular weight is 264 g/mol. The summed E-state index contributed by atoms with van der Waals surface area (Å²) in [6.07, 6.45) is 10.1. The largest absolute Gasteiger partial charge is 0.354 e. The second-order valence-corrected chi connectivity index (χ2v) is 5.42. The van der Waals surface area contributed by atoms with Crippen LogP contribution in [0.25, 0.3) is 0 Å². The number of nitrogens with zero attached hydrogens (tertiary/aromatic N) is 2. The van der Waals surface area contributed by atoms with Crippen LogP contribution in [0.15, 0.2) is 12.4 Å². The van der Waals surface area contributed by atoms with E-state index in [1.165, 1.54) is 32.1 Å². The van der Waals surface area contributed by atoms with Gasteiger partial charge in [0, 0.05) is 25.4 Å². The molecule has 0 saturated heterocycles.